The number of fused-ring (bicyclic) bond motifs is 1. The highest BCUT2D eigenvalue weighted by atomic mass is 16.5. The van der Waals surface area contributed by atoms with Crippen molar-refractivity contribution < 1.29 is 14.3 Å². The SMILES string of the molecule is CCOC(=O)Cc1ccc(C#Cc2cc3c(cc2CC)OCCC3(CC)CC)nn1. The lowest BCUT2D eigenvalue weighted by atomic mass is 9.71. The molecule has 30 heavy (non-hydrogen) atoms. The summed E-state index contributed by atoms with van der Waals surface area (Å²) in [6.45, 7) is 9.56. The van der Waals surface area contributed by atoms with Crippen LogP contribution in [0.25, 0.3) is 0 Å². The molecule has 0 unspecified atom stereocenters. The molecule has 1 aromatic carbocycles. The van der Waals surface area contributed by atoms with Crippen LogP contribution in [0.5, 0.6) is 5.75 Å². The second kappa shape index (κ2) is 9.75. The number of hydrogen-bond donors (Lipinski definition) is 0. The van der Waals surface area contributed by atoms with Gasteiger partial charge in [0.2, 0.25) is 0 Å². The zero-order valence-electron chi connectivity index (χ0n) is 18.4. The van der Waals surface area contributed by atoms with Gasteiger partial charge in [0.1, 0.15) is 11.4 Å². The maximum absolute atomic E-state index is 11.6. The van der Waals surface area contributed by atoms with Gasteiger partial charge in [-0.05, 0) is 68.4 Å². The predicted octanol–water partition coefficient (Wildman–Crippen LogP) is 4.38. The number of benzene rings is 1. The Morgan fingerprint density at radius 2 is 1.93 bits per heavy atom. The first-order valence-corrected chi connectivity index (χ1v) is 10.9. The fourth-order valence-corrected chi connectivity index (χ4v) is 4.05. The molecule has 158 valence electrons. The number of rotatable bonds is 6. The fourth-order valence-electron chi connectivity index (χ4n) is 4.05. The predicted molar refractivity (Wildman–Crippen MR) is 117 cm³/mol. The van der Waals surface area contributed by atoms with Crippen molar-refractivity contribution in [3.8, 4) is 17.6 Å². The lowest BCUT2D eigenvalue weighted by molar-refractivity contribution is -0.142. The third-order valence-corrected chi connectivity index (χ3v) is 6.03. The van der Waals surface area contributed by atoms with Gasteiger partial charge in [-0.3, -0.25) is 4.79 Å². The highest BCUT2D eigenvalue weighted by Gasteiger charge is 2.35. The van der Waals surface area contributed by atoms with Crippen molar-refractivity contribution in [2.45, 2.75) is 65.2 Å². The molecule has 0 aliphatic carbocycles. The van der Waals surface area contributed by atoms with E-state index in [2.05, 4.69) is 54.9 Å². The Hall–Kier alpha value is -2.87. The summed E-state index contributed by atoms with van der Waals surface area (Å²) in [5, 5.41) is 8.26. The zero-order valence-corrected chi connectivity index (χ0v) is 18.4. The van der Waals surface area contributed by atoms with Crippen LogP contribution in [0.1, 0.15) is 75.0 Å². The van der Waals surface area contributed by atoms with Crippen LogP contribution in [-0.2, 0) is 27.8 Å². The number of hydrogen-bond acceptors (Lipinski definition) is 5. The summed E-state index contributed by atoms with van der Waals surface area (Å²) < 4.78 is 10.9. The molecule has 0 fully saturated rings. The molecule has 3 rings (SSSR count). The van der Waals surface area contributed by atoms with Crippen molar-refractivity contribution in [1.29, 1.82) is 0 Å². The first-order chi connectivity index (χ1) is 14.5. The van der Waals surface area contributed by atoms with Gasteiger partial charge in [-0.2, -0.15) is 5.10 Å². The first-order valence-electron chi connectivity index (χ1n) is 10.9. The van der Waals surface area contributed by atoms with Crippen LogP contribution in [-0.4, -0.2) is 29.4 Å². The lowest BCUT2D eigenvalue weighted by Gasteiger charge is -2.38. The fraction of sp³-hybridized carbons (Fsp3) is 0.480. The summed E-state index contributed by atoms with van der Waals surface area (Å²) in [7, 11) is 0. The van der Waals surface area contributed by atoms with E-state index in [-0.39, 0.29) is 17.8 Å². The van der Waals surface area contributed by atoms with Gasteiger partial charge >= 0.3 is 5.97 Å². The number of aryl methyl sites for hydroxylation is 1. The Bertz CT molecular complexity index is 951. The van der Waals surface area contributed by atoms with Gasteiger partial charge in [0.05, 0.1) is 25.3 Å². The molecule has 0 amide bonds. The summed E-state index contributed by atoms with van der Waals surface area (Å²) >= 11 is 0. The Morgan fingerprint density at radius 1 is 1.13 bits per heavy atom. The summed E-state index contributed by atoms with van der Waals surface area (Å²) in [5.41, 5.74) is 4.79. The number of carbonyl (C=O) groups excluding carboxylic acids is 1. The molecule has 0 atom stereocenters. The third kappa shape index (κ3) is 4.64. The van der Waals surface area contributed by atoms with Crippen molar-refractivity contribution in [1.82, 2.24) is 10.2 Å². The van der Waals surface area contributed by atoms with Gasteiger partial charge in [-0.15, -0.1) is 5.10 Å². The normalized spacial score (nSPS) is 14.1. The van der Waals surface area contributed by atoms with E-state index in [4.69, 9.17) is 9.47 Å². The van der Waals surface area contributed by atoms with Gasteiger partial charge in [-0.1, -0.05) is 26.7 Å². The van der Waals surface area contributed by atoms with E-state index in [9.17, 15) is 4.79 Å². The Kier molecular flexibility index (Phi) is 7.10. The Morgan fingerprint density at radius 3 is 2.57 bits per heavy atom. The van der Waals surface area contributed by atoms with Crippen LogP contribution in [0.3, 0.4) is 0 Å². The topological polar surface area (TPSA) is 61.3 Å². The molecule has 0 bridgehead atoms. The van der Waals surface area contributed by atoms with Crippen LogP contribution in [0.4, 0.5) is 0 Å². The summed E-state index contributed by atoms with van der Waals surface area (Å²) in [6, 6.07) is 7.95. The molecule has 0 spiro atoms. The molecule has 1 aromatic heterocycles. The van der Waals surface area contributed by atoms with E-state index in [0.29, 0.717) is 18.0 Å². The van der Waals surface area contributed by atoms with Crippen molar-refractivity contribution in [2.75, 3.05) is 13.2 Å². The Labute approximate surface area is 179 Å². The molecular weight excluding hydrogens is 376 g/mol. The second-order valence-corrected chi connectivity index (χ2v) is 7.59. The number of esters is 1. The lowest BCUT2D eigenvalue weighted by Crippen LogP contribution is -2.32. The molecule has 0 N–H and O–H groups in total. The van der Waals surface area contributed by atoms with Gasteiger partial charge in [0.25, 0.3) is 0 Å². The number of ether oxygens (including phenoxy) is 2. The highest BCUT2D eigenvalue weighted by Crippen LogP contribution is 2.44. The van der Waals surface area contributed by atoms with E-state index < -0.39 is 0 Å². The second-order valence-electron chi connectivity index (χ2n) is 7.59. The maximum Gasteiger partial charge on any atom is 0.311 e. The Balaban J connectivity index is 1.89. The monoisotopic (exact) mass is 406 g/mol. The molecule has 5 heteroatoms. The van der Waals surface area contributed by atoms with E-state index in [0.717, 1.165) is 43.6 Å². The number of nitrogens with zero attached hydrogens (tertiary/aromatic N) is 2. The van der Waals surface area contributed by atoms with Crippen LogP contribution in [0, 0.1) is 11.8 Å². The molecule has 1 aliphatic heterocycles. The van der Waals surface area contributed by atoms with Crippen LogP contribution < -0.4 is 4.74 Å². The van der Waals surface area contributed by atoms with Gasteiger partial charge in [0, 0.05) is 16.5 Å². The van der Waals surface area contributed by atoms with E-state index in [1.165, 1.54) is 11.1 Å². The molecule has 5 nitrogen and oxygen atoms in total. The minimum atomic E-state index is -0.301. The number of carbonyl (C=O) groups is 1. The maximum atomic E-state index is 11.6. The quantitative estimate of drug-likeness (QED) is 0.526. The molecular formula is C25H30N2O3. The van der Waals surface area contributed by atoms with E-state index in [1.807, 2.05) is 0 Å². The molecule has 0 saturated heterocycles. The first kappa shape index (κ1) is 21.8. The molecule has 2 heterocycles. The summed E-state index contributed by atoms with van der Waals surface area (Å²) in [5.74, 6) is 7.14. The standard InChI is InChI=1S/C25H30N2O3/c1-5-18-16-23-22(25(6-2,7-3)13-14-30-23)15-19(18)9-10-20-11-12-21(27-26-20)17-24(28)29-8-4/h11-12,15-16H,5-8,13-14,17H2,1-4H3. The average Bonchev–Trinajstić information content (AvgIpc) is 2.77. The van der Waals surface area contributed by atoms with Crippen LogP contribution in [0.2, 0.25) is 0 Å². The van der Waals surface area contributed by atoms with Crippen LogP contribution in [0.15, 0.2) is 24.3 Å². The average molecular weight is 407 g/mol. The minimum Gasteiger partial charge on any atom is -0.493 e. The van der Waals surface area contributed by atoms with Crippen molar-refractivity contribution >= 4 is 5.97 Å². The van der Waals surface area contributed by atoms with E-state index in [1.54, 1.807) is 19.1 Å². The number of aromatic nitrogens is 2. The van der Waals surface area contributed by atoms with E-state index >= 15 is 0 Å². The van der Waals surface area contributed by atoms with Crippen molar-refractivity contribution in [2.24, 2.45) is 0 Å². The smallest absolute Gasteiger partial charge is 0.311 e. The third-order valence-electron chi connectivity index (χ3n) is 6.03. The zero-order chi connectivity index (χ0) is 21.6. The summed E-state index contributed by atoms with van der Waals surface area (Å²) in [6.07, 6.45) is 4.22. The van der Waals surface area contributed by atoms with Crippen molar-refractivity contribution in [3.63, 3.8) is 0 Å². The largest absolute Gasteiger partial charge is 0.493 e. The highest BCUT2D eigenvalue weighted by molar-refractivity contribution is 5.71. The molecule has 0 radical (unpaired) electrons. The molecule has 1 aliphatic rings. The molecule has 2 aromatic rings. The van der Waals surface area contributed by atoms with Gasteiger partial charge < -0.3 is 9.47 Å². The van der Waals surface area contributed by atoms with Crippen molar-refractivity contribution in [3.05, 3.63) is 52.3 Å². The summed E-state index contributed by atoms with van der Waals surface area (Å²) in [4.78, 5) is 11.6. The molecule has 0 saturated carbocycles. The van der Waals surface area contributed by atoms with Crippen LogP contribution >= 0.6 is 0 Å². The van der Waals surface area contributed by atoms with Gasteiger partial charge in [0.15, 0.2) is 0 Å². The van der Waals surface area contributed by atoms with Gasteiger partial charge in [-0.25, -0.2) is 0 Å². The minimum absolute atomic E-state index is 0.121.